The van der Waals surface area contributed by atoms with E-state index in [1.807, 2.05) is 30.3 Å². The minimum atomic E-state index is -0.803. The first-order chi connectivity index (χ1) is 13.6. The van der Waals surface area contributed by atoms with Crippen molar-refractivity contribution in [3.05, 3.63) is 95.0 Å². The number of rotatable bonds is 6. The van der Waals surface area contributed by atoms with Crippen LogP contribution in [0, 0.1) is 6.92 Å². The molecule has 28 heavy (non-hydrogen) atoms. The molecular formula is C22H19NO5. The zero-order chi connectivity index (χ0) is 19.7. The van der Waals surface area contributed by atoms with Crippen LogP contribution < -0.4 is 0 Å². The number of carbonyl (C=O) groups is 2. The first kappa shape index (κ1) is 17.9. The Labute approximate surface area is 161 Å². The Morgan fingerprint density at radius 2 is 1.89 bits per heavy atom. The number of benzene rings is 1. The molecule has 1 atom stereocenters. The number of aryl methyl sites for hydroxylation is 1. The molecule has 3 aromatic rings. The Morgan fingerprint density at radius 3 is 2.54 bits per heavy atom. The molecule has 4 rings (SSSR count). The molecule has 0 spiro atoms. The Balaban J connectivity index is 1.70. The number of nitrogens with zero attached hydrogens (tertiary/aromatic N) is 1. The quantitative estimate of drug-likeness (QED) is 0.657. The standard InChI is InChI=1S/C22H19NO5/c1-14-9-10-16(28-14)19-18(20(24)17-8-5-13-27-17)21(25)22(26)23(19)12-11-15-6-3-2-4-7-15/h2-10,13,19,25H,11-12H2,1H3/t19-/m0/s1. The van der Waals surface area contributed by atoms with Crippen LogP contribution in [0.5, 0.6) is 0 Å². The van der Waals surface area contributed by atoms with E-state index in [9.17, 15) is 14.7 Å². The van der Waals surface area contributed by atoms with Crippen molar-refractivity contribution in [1.29, 1.82) is 0 Å². The van der Waals surface area contributed by atoms with Gasteiger partial charge < -0.3 is 18.8 Å². The monoisotopic (exact) mass is 377 g/mol. The number of amides is 1. The van der Waals surface area contributed by atoms with Crippen molar-refractivity contribution >= 4 is 11.7 Å². The first-order valence-electron chi connectivity index (χ1n) is 8.99. The van der Waals surface area contributed by atoms with Gasteiger partial charge in [0, 0.05) is 6.54 Å². The third-order valence-electron chi connectivity index (χ3n) is 4.81. The van der Waals surface area contributed by atoms with Crippen molar-refractivity contribution in [3.63, 3.8) is 0 Å². The molecule has 1 aliphatic rings. The number of Topliss-reactive ketones (excluding diaryl/α,β-unsaturated/α-hetero) is 1. The molecule has 0 aliphatic carbocycles. The van der Waals surface area contributed by atoms with Crippen LogP contribution in [0.2, 0.25) is 0 Å². The highest BCUT2D eigenvalue weighted by Gasteiger charge is 2.45. The van der Waals surface area contributed by atoms with Gasteiger partial charge in [-0.3, -0.25) is 9.59 Å². The van der Waals surface area contributed by atoms with Crippen molar-refractivity contribution in [3.8, 4) is 0 Å². The Morgan fingerprint density at radius 1 is 1.11 bits per heavy atom. The van der Waals surface area contributed by atoms with E-state index < -0.39 is 23.5 Å². The topological polar surface area (TPSA) is 83.9 Å². The van der Waals surface area contributed by atoms with Crippen LogP contribution in [0.15, 0.2) is 81.0 Å². The van der Waals surface area contributed by atoms with E-state index in [1.54, 1.807) is 25.1 Å². The molecule has 0 unspecified atom stereocenters. The minimum absolute atomic E-state index is 0.0256. The summed E-state index contributed by atoms with van der Waals surface area (Å²) >= 11 is 0. The van der Waals surface area contributed by atoms with Gasteiger partial charge >= 0.3 is 0 Å². The van der Waals surface area contributed by atoms with E-state index in [4.69, 9.17) is 8.83 Å². The average molecular weight is 377 g/mol. The van der Waals surface area contributed by atoms with Crippen LogP contribution in [-0.4, -0.2) is 28.2 Å². The molecule has 1 aliphatic heterocycles. The summed E-state index contributed by atoms with van der Waals surface area (Å²) in [5, 5.41) is 10.5. The average Bonchev–Trinajstić information content (AvgIpc) is 3.43. The van der Waals surface area contributed by atoms with Crippen molar-refractivity contribution in [2.45, 2.75) is 19.4 Å². The summed E-state index contributed by atoms with van der Waals surface area (Å²) < 4.78 is 10.9. The van der Waals surface area contributed by atoms with Crippen molar-refractivity contribution < 1.29 is 23.5 Å². The highest BCUT2D eigenvalue weighted by atomic mass is 16.3. The third kappa shape index (κ3) is 3.13. The SMILES string of the molecule is Cc1ccc([C@H]2C(C(=O)c3ccco3)=C(O)C(=O)N2CCc2ccccc2)o1. The Bertz CT molecular complexity index is 1030. The van der Waals surface area contributed by atoms with Crippen LogP contribution in [0.3, 0.4) is 0 Å². The molecule has 142 valence electrons. The summed E-state index contributed by atoms with van der Waals surface area (Å²) in [7, 11) is 0. The van der Waals surface area contributed by atoms with Crippen molar-refractivity contribution in [1.82, 2.24) is 4.90 Å². The second-order valence-electron chi connectivity index (χ2n) is 6.65. The molecular weight excluding hydrogens is 358 g/mol. The highest BCUT2D eigenvalue weighted by molar-refractivity contribution is 6.14. The van der Waals surface area contributed by atoms with Gasteiger partial charge in [-0.15, -0.1) is 0 Å². The largest absolute Gasteiger partial charge is 0.503 e. The van der Waals surface area contributed by atoms with Gasteiger partial charge in [-0.1, -0.05) is 30.3 Å². The van der Waals surface area contributed by atoms with Crippen LogP contribution in [0.25, 0.3) is 0 Å². The van der Waals surface area contributed by atoms with Crippen molar-refractivity contribution in [2.24, 2.45) is 0 Å². The summed E-state index contributed by atoms with van der Waals surface area (Å²) in [6, 6.07) is 15.5. The molecule has 6 heteroatoms. The zero-order valence-electron chi connectivity index (χ0n) is 15.3. The van der Waals surface area contributed by atoms with Gasteiger partial charge in [-0.05, 0) is 43.2 Å². The van der Waals surface area contributed by atoms with E-state index in [1.165, 1.54) is 17.2 Å². The number of furan rings is 2. The lowest BCUT2D eigenvalue weighted by Crippen LogP contribution is -2.32. The predicted octanol–water partition coefficient (Wildman–Crippen LogP) is 4.00. The molecule has 1 amide bonds. The number of aliphatic hydroxyl groups excluding tert-OH is 1. The summed E-state index contributed by atoms with van der Waals surface area (Å²) in [6.45, 7) is 2.11. The van der Waals surface area contributed by atoms with E-state index in [2.05, 4.69) is 0 Å². The molecule has 0 bridgehead atoms. The molecule has 0 saturated carbocycles. The maximum atomic E-state index is 12.9. The highest BCUT2D eigenvalue weighted by Crippen LogP contribution is 2.39. The van der Waals surface area contributed by atoms with E-state index >= 15 is 0 Å². The van der Waals surface area contributed by atoms with Gasteiger partial charge in [0.25, 0.3) is 5.91 Å². The summed E-state index contributed by atoms with van der Waals surface area (Å²) in [5.41, 5.74) is 1.03. The van der Waals surface area contributed by atoms with E-state index in [0.29, 0.717) is 24.5 Å². The van der Waals surface area contributed by atoms with Gasteiger partial charge in [0.2, 0.25) is 5.78 Å². The molecule has 1 N–H and O–H groups in total. The molecule has 0 fully saturated rings. The summed E-state index contributed by atoms with van der Waals surface area (Å²) in [6.07, 6.45) is 1.96. The van der Waals surface area contributed by atoms with Gasteiger partial charge in [0.05, 0.1) is 11.8 Å². The third-order valence-corrected chi connectivity index (χ3v) is 4.81. The second kappa shape index (κ2) is 7.23. The Hall–Kier alpha value is -3.54. The smallest absolute Gasteiger partial charge is 0.290 e. The lowest BCUT2D eigenvalue weighted by Gasteiger charge is -2.24. The lowest BCUT2D eigenvalue weighted by molar-refractivity contribution is -0.129. The number of ketones is 1. The number of carbonyl (C=O) groups excluding carboxylic acids is 2. The van der Waals surface area contributed by atoms with Crippen LogP contribution in [0.1, 0.15) is 33.7 Å². The summed E-state index contributed by atoms with van der Waals surface area (Å²) in [4.78, 5) is 27.2. The first-order valence-corrected chi connectivity index (χ1v) is 8.99. The molecule has 0 radical (unpaired) electrons. The lowest BCUT2D eigenvalue weighted by atomic mass is 9.99. The van der Waals surface area contributed by atoms with Gasteiger partial charge in [-0.25, -0.2) is 0 Å². The number of hydrogen-bond donors (Lipinski definition) is 1. The molecule has 2 aromatic heterocycles. The number of hydrogen-bond acceptors (Lipinski definition) is 5. The van der Waals surface area contributed by atoms with Gasteiger partial charge in [0.1, 0.15) is 17.6 Å². The van der Waals surface area contributed by atoms with Crippen molar-refractivity contribution in [2.75, 3.05) is 6.54 Å². The van der Waals surface area contributed by atoms with Crippen LogP contribution in [0.4, 0.5) is 0 Å². The van der Waals surface area contributed by atoms with Gasteiger partial charge in [-0.2, -0.15) is 0 Å². The molecule has 1 aromatic carbocycles. The fraction of sp³-hybridized carbons (Fsp3) is 0.182. The molecule has 3 heterocycles. The zero-order valence-corrected chi connectivity index (χ0v) is 15.3. The second-order valence-corrected chi connectivity index (χ2v) is 6.65. The van der Waals surface area contributed by atoms with E-state index in [0.717, 1.165) is 5.56 Å². The maximum Gasteiger partial charge on any atom is 0.290 e. The molecule has 6 nitrogen and oxygen atoms in total. The maximum absolute atomic E-state index is 12.9. The number of aliphatic hydroxyl groups is 1. The fourth-order valence-electron chi connectivity index (χ4n) is 3.45. The predicted molar refractivity (Wildman–Crippen MR) is 101 cm³/mol. The van der Waals surface area contributed by atoms with Crippen LogP contribution in [-0.2, 0) is 11.2 Å². The van der Waals surface area contributed by atoms with Crippen LogP contribution >= 0.6 is 0 Å². The minimum Gasteiger partial charge on any atom is -0.503 e. The van der Waals surface area contributed by atoms with E-state index in [-0.39, 0.29) is 11.3 Å². The Kier molecular flexibility index (Phi) is 4.61. The summed E-state index contributed by atoms with van der Waals surface area (Å²) in [5.74, 6) is -0.539. The normalized spacial score (nSPS) is 16.8. The molecule has 0 saturated heterocycles. The van der Waals surface area contributed by atoms with Gasteiger partial charge in [0.15, 0.2) is 11.5 Å². The fourth-order valence-corrected chi connectivity index (χ4v) is 3.45.